The summed E-state index contributed by atoms with van der Waals surface area (Å²) in [5.41, 5.74) is 0.956. The highest BCUT2D eigenvalue weighted by atomic mass is 16.1. The second kappa shape index (κ2) is 9.17. The van der Waals surface area contributed by atoms with E-state index in [1.165, 1.54) is 6.08 Å². The Hall–Kier alpha value is -0.920. The van der Waals surface area contributed by atoms with Crippen molar-refractivity contribution in [3.8, 4) is 0 Å². The predicted octanol–water partition coefficient (Wildman–Crippen LogP) is 3.23. The van der Waals surface area contributed by atoms with E-state index in [4.69, 9.17) is 0 Å². The van der Waals surface area contributed by atoms with Crippen molar-refractivity contribution in [3.05, 3.63) is 12.3 Å². The predicted molar refractivity (Wildman–Crippen MR) is 59.1 cm³/mol. The molecule has 0 atom stereocenters. The minimum Gasteiger partial charge on any atom is -0.295 e. The van der Waals surface area contributed by atoms with Gasteiger partial charge in [0.05, 0.1) is 0 Å². The van der Waals surface area contributed by atoms with E-state index in [2.05, 4.69) is 4.99 Å². The topological polar surface area (TPSA) is 29.4 Å². The Kier molecular flexibility index (Phi) is 10.3. The van der Waals surface area contributed by atoms with Gasteiger partial charge in [-0.25, -0.2) is 0 Å². The minimum absolute atomic E-state index is 0.0682. The van der Waals surface area contributed by atoms with Crippen LogP contribution in [0.2, 0.25) is 0 Å². The first-order valence-electron chi connectivity index (χ1n) is 4.75. The van der Waals surface area contributed by atoms with Crippen LogP contribution in [0.3, 0.4) is 0 Å². The van der Waals surface area contributed by atoms with Crippen molar-refractivity contribution in [2.75, 3.05) is 0 Å². The highest BCUT2D eigenvalue weighted by molar-refractivity contribution is 5.91. The van der Waals surface area contributed by atoms with E-state index in [9.17, 15) is 4.79 Å². The summed E-state index contributed by atoms with van der Waals surface area (Å²) in [5.74, 6) is 0.189. The van der Waals surface area contributed by atoms with E-state index >= 15 is 0 Å². The molecule has 0 fully saturated rings. The normalized spacial score (nSPS) is 9.46. The second-order valence-electron chi connectivity index (χ2n) is 2.95. The number of rotatable bonds is 3. The molecule has 2 nitrogen and oxygen atoms in total. The fraction of sp³-hybridized carbons (Fsp3) is 0.636. The lowest BCUT2D eigenvalue weighted by Crippen LogP contribution is -2.01. The molecule has 0 aliphatic rings. The van der Waals surface area contributed by atoms with Crippen LogP contribution in [0.4, 0.5) is 0 Å². The first-order chi connectivity index (χ1) is 6.04. The van der Waals surface area contributed by atoms with Gasteiger partial charge in [0, 0.05) is 17.8 Å². The van der Waals surface area contributed by atoms with Crippen LogP contribution in [0.5, 0.6) is 0 Å². The van der Waals surface area contributed by atoms with Crippen molar-refractivity contribution in [1.29, 1.82) is 0 Å². The summed E-state index contributed by atoms with van der Waals surface area (Å²) in [4.78, 5) is 14.9. The number of hydrogen-bond donors (Lipinski definition) is 0. The Balaban J connectivity index is 0. The van der Waals surface area contributed by atoms with Crippen LogP contribution in [-0.4, -0.2) is 11.5 Å². The smallest absolute Gasteiger partial charge is 0.159 e. The van der Waals surface area contributed by atoms with E-state index < -0.39 is 0 Å². The molecule has 0 saturated heterocycles. The van der Waals surface area contributed by atoms with Gasteiger partial charge in [0.2, 0.25) is 0 Å². The van der Waals surface area contributed by atoms with Crippen molar-refractivity contribution in [3.63, 3.8) is 0 Å². The standard InChI is InChI=1S/C9H15NO.C2H6/c1-7(2)9(11)5-6-10-8(3)4;1-2/h5-7H,1-4H3;1-2H3/b6-5-;. The van der Waals surface area contributed by atoms with E-state index in [0.29, 0.717) is 0 Å². The molecule has 0 aliphatic carbocycles. The van der Waals surface area contributed by atoms with Gasteiger partial charge in [0.25, 0.3) is 0 Å². The SMILES string of the molecule is CC.CC(C)=N/C=C\C(=O)C(C)C. The molecule has 2 heteroatoms. The van der Waals surface area contributed by atoms with E-state index in [-0.39, 0.29) is 11.7 Å². The van der Waals surface area contributed by atoms with Gasteiger partial charge in [-0.3, -0.25) is 9.79 Å². The fourth-order valence-corrected chi connectivity index (χ4v) is 0.452. The molecule has 0 heterocycles. The quantitative estimate of drug-likeness (QED) is 0.488. The summed E-state index contributed by atoms with van der Waals surface area (Å²) in [6.07, 6.45) is 3.06. The van der Waals surface area contributed by atoms with Gasteiger partial charge >= 0.3 is 0 Å². The zero-order chi connectivity index (χ0) is 10.9. The van der Waals surface area contributed by atoms with E-state index in [0.717, 1.165) is 5.71 Å². The summed E-state index contributed by atoms with van der Waals surface area (Å²) in [5, 5.41) is 0. The van der Waals surface area contributed by atoms with Gasteiger partial charge in [-0.2, -0.15) is 0 Å². The molecule has 13 heavy (non-hydrogen) atoms. The number of ketones is 1. The number of allylic oxidation sites excluding steroid dienone is 1. The fourth-order valence-electron chi connectivity index (χ4n) is 0.452. The van der Waals surface area contributed by atoms with Crippen molar-refractivity contribution in [2.45, 2.75) is 41.5 Å². The maximum Gasteiger partial charge on any atom is 0.159 e. The van der Waals surface area contributed by atoms with Crippen LogP contribution >= 0.6 is 0 Å². The lowest BCUT2D eigenvalue weighted by atomic mass is 10.1. The van der Waals surface area contributed by atoms with Gasteiger partial charge in [0.1, 0.15) is 0 Å². The Morgan fingerprint density at radius 2 is 1.69 bits per heavy atom. The van der Waals surface area contributed by atoms with E-state index in [1.54, 1.807) is 6.20 Å². The molecular weight excluding hydrogens is 162 g/mol. The number of carbonyl (C=O) groups is 1. The molecule has 0 N–H and O–H groups in total. The lowest BCUT2D eigenvalue weighted by Gasteiger charge is -1.94. The van der Waals surface area contributed by atoms with Crippen molar-refractivity contribution >= 4 is 11.5 Å². The molecule has 0 unspecified atom stereocenters. The van der Waals surface area contributed by atoms with Crippen LogP contribution in [0.25, 0.3) is 0 Å². The number of carbonyl (C=O) groups excluding carboxylic acids is 1. The lowest BCUT2D eigenvalue weighted by molar-refractivity contribution is -0.117. The monoisotopic (exact) mass is 183 g/mol. The Morgan fingerprint density at radius 3 is 2.00 bits per heavy atom. The summed E-state index contributed by atoms with van der Waals surface area (Å²) in [6.45, 7) is 11.5. The Labute approximate surface area is 81.8 Å². The molecule has 0 bridgehead atoms. The molecule has 0 aromatic heterocycles. The highest BCUT2D eigenvalue weighted by Gasteiger charge is 2.00. The van der Waals surface area contributed by atoms with Crippen molar-refractivity contribution in [2.24, 2.45) is 10.9 Å². The van der Waals surface area contributed by atoms with Crippen LogP contribution < -0.4 is 0 Å². The average Bonchev–Trinajstić information content (AvgIpc) is 2.07. The largest absolute Gasteiger partial charge is 0.295 e. The summed E-state index contributed by atoms with van der Waals surface area (Å²) >= 11 is 0. The third kappa shape index (κ3) is 11.1. The summed E-state index contributed by atoms with van der Waals surface area (Å²) in [6, 6.07) is 0. The first-order valence-corrected chi connectivity index (χ1v) is 4.75. The maximum absolute atomic E-state index is 11.0. The minimum atomic E-state index is 0.0682. The van der Waals surface area contributed by atoms with Crippen LogP contribution in [0, 0.1) is 5.92 Å². The molecule has 0 radical (unpaired) electrons. The molecule has 0 aliphatic heterocycles. The van der Waals surface area contributed by atoms with Gasteiger partial charge in [-0.1, -0.05) is 27.7 Å². The van der Waals surface area contributed by atoms with E-state index in [1.807, 2.05) is 41.5 Å². The number of aliphatic imine (C=N–C) groups is 1. The van der Waals surface area contributed by atoms with Crippen LogP contribution in [0.1, 0.15) is 41.5 Å². The molecule has 0 rings (SSSR count). The van der Waals surface area contributed by atoms with Crippen LogP contribution in [-0.2, 0) is 4.79 Å². The van der Waals surface area contributed by atoms with Gasteiger partial charge in [-0.15, -0.1) is 0 Å². The van der Waals surface area contributed by atoms with Crippen LogP contribution in [0.15, 0.2) is 17.3 Å². The molecule has 0 spiro atoms. The Morgan fingerprint density at radius 1 is 1.23 bits per heavy atom. The summed E-state index contributed by atoms with van der Waals surface area (Å²) in [7, 11) is 0. The number of hydrogen-bond acceptors (Lipinski definition) is 2. The summed E-state index contributed by atoms with van der Waals surface area (Å²) < 4.78 is 0. The molecule has 76 valence electrons. The van der Waals surface area contributed by atoms with Crippen molar-refractivity contribution < 1.29 is 4.79 Å². The molecular formula is C11H21NO. The first kappa shape index (κ1) is 14.6. The third-order valence-electron chi connectivity index (χ3n) is 1.14. The second-order valence-corrected chi connectivity index (χ2v) is 2.95. The number of nitrogens with zero attached hydrogens (tertiary/aromatic N) is 1. The van der Waals surface area contributed by atoms with Gasteiger partial charge < -0.3 is 0 Å². The zero-order valence-corrected chi connectivity index (χ0v) is 9.59. The molecule has 0 saturated carbocycles. The zero-order valence-electron chi connectivity index (χ0n) is 9.59. The maximum atomic E-state index is 11.0. The highest BCUT2D eigenvalue weighted by Crippen LogP contribution is 1.95. The van der Waals surface area contributed by atoms with Gasteiger partial charge in [-0.05, 0) is 19.9 Å². The molecule has 0 aromatic rings. The third-order valence-corrected chi connectivity index (χ3v) is 1.14. The average molecular weight is 183 g/mol. The molecule has 0 aromatic carbocycles. The van der Waals surface area contributed by atoms with Crippen molar-refractivity contribution in [1.82, 2.24) is 0 Å². The molecule has 0 amide bonds. The Bertz CT molecular complexity index is 186. The van der Waals surface area contributed by atoms with Gasteiger partial charge in [0.15, 0.2) is 5.78 Å².